The van der Waals surface area contributed by atoms with Gasteiger partial charge in [0.2, 0.25) is 0 Å². The lowest BCUT2D eigenvalue weighted by Crippen LogP contribution is -2.44. The Bertz CT molecular complexity index is 411. The molecule has 2 heterocycles. The van der Waals surface area contributed by atoms with Crippen LogP contribution >= 0.6 is 0 Å². The van der Waals surface area contributed by atoms with Gasteiger partial charge in [0.1, 0.15) is 0 Å². The summed E-state index contributed by atoms with van der Waals surface area (Å²) in [7, 11) is -3.77. The van der Waals surface area contributed by atoms with E-state index in [1.165, 1.54) is 4.31 Å². The Morgan fingerprint density at radius 2 is 1.89 bits per heavy atom. The highest BCUT2D eigenvalue weighted by atomic mass is 32.2. The molecule has 18 heavy (non-hydrogen) atoms. The molecule has 2 N–H and O–H groups in total. The average molecular weight is 277 g/mol. The van der Waals surface area contributed by atoms with E-state index in [2.05, 4.69) is 5.32 Å². The van der Waals surface area contributed by atoms with Crippen molar-refractivity contribution in [1.29, 1.82) is 0 Å². The SMILES string of the molecule is CC(C)OC(=O)NS(=O)(=O)N1C[C@H]2CNC[C@H]2C1. The fourth-order valence-corrected chi connectivity index (χ4v) is 3.58. The molecule has 104 valence electrons. The zero-order valence-electron chi connectivity index (χ0n) is 10.5. The van der Waals surface area contributed by atoms with Gasteiger partial charge in [-0.25, -0.2) is 9.52 Å². The number of rotatable bonds is 3. The maximum Gasteiger partial charge on any atom is 0.422 e. The molecule has 0 aromatic heterocycles. The van der Waals surface area contributed by atoms with E-state index in [0.29, 0.717) is 24.9 Å². The predicted molar refractivity (Wildman–Crippen MR) is 65.1 cm³/mol. The number of nitrogens with one attached hydrogen (secondary N) is 2. The standard InChI is InChI=1S/C10H19N3O4S/c1-7(2)17-10(14)12-18(15,16)13-5-8-3-11-4-9(8)6-13/h7-9,11H,3-6H2,1-2H3,(H,12,14)/t8-,9+. The minimum atomic E-state index is -3.77. The van der Waals surface area contributed by atoms with Crippen molar-refractivity contribution in [3.05, 3.63) is 0 Å². The monoisotopic (exact) mass is 277 g/mol. The van der Waals surface area contributed by atoms with Crippen LogP contribution in [0.4, 0.5) is 4.79 Å². The van der Waals surface area contributed by atoms with E-state index in [9.17, 15) is 13.2 Å². The van der Waals surface area contributed by atoms with Gasteiger partial charge in [-0.3, -0.25) is 0 Å². The highest BCUT2D eigenvalue weighted by molar-refractivity contribution is 7.87. The van der Waals surface area contributed by atoms with Gasteiger partial charge in [-0.2, -0.15) is 12.7 Å². The second-order valence-corrected chi connectivity index (χ2v) is 6.73. The van der Waals surface area contributed by atoms with Gasteiger partial charge >= 0.3 is 16.3 Å². The van der Waals surface area contributed by atoms with Crippen molar-refractivity contribution in [2.45, 2.75) is 20.0 Å². The summed E-state index contributed by atoms with van der Waals surface area (Å²) < 4.78 is 31.9. The molecule has 0 radical (unpaired) electrons. The number of nitrogens with zero attached hydrogens (tertiary/aromatic N) is 1. The highest BCUT2D eigenvalue weighted by Crippen LogP contribution is 2.27. The molecule has 0 aromatic carbocycles. The van der Waals surface area contributed by atoms with E-state index in [1.807, 2.05) is 4.72 Å². The van der Waals surface area contributed by atoms with Crippen LogP contribution in [0.25, 0.3) is 0 Å². The maximum absolute atomic E-state index is 11.9. The number of hydrogen-bond acceptors (Lipinski definition) is 5. The van der Waals surface area contributed by atoms with Crippen LogP contribution < -0.4 is 10.0 Å². The lowest BCUT2D eigenvalue weighted by Gasteiger charge is -2.18. The molecule has 0 saturated carbocycles. The zero-order valence-corrected chi connectivity index (χ0v) is 11.4. The third-order valence-electron chi connectivity index (χ3n) is 3.25. The Morgan fingerprint density at radius 3 is 2.39 bits per heavy atom. The molecular formula is C10H19N3O4S. The van der Waals surface area contributed by atoms with Gasteiger partial charge in [0.05, 0.1) is 6.10 Å². The van der Waals surface area contributed by atoms with Crippen molar-refractivity contribution in [3.8, 4) is 0 Å². The summed E-state index contributed by atoms with van der Waals surface area (Å²) in [5.74, 6) is 0.699. The topological polar surface area (TPSA) is 87.7 Å². The van der Waals surface area contributed by atoms with Crippen molar-refractivity contribution in [2.75, 3.05) is 26.2 Å². The van der Waals surface area contributed by atoms with E-state index in [4.69, 9.17) is 4.74 Å². The molecule has 2 rings (SSSR count). The fraction of sp³-hybridized carbons (Fsp3) is 0.900. The summed E-state index contributed by atoms with van der Waals surface area (Å²) >= 11 is 0. The summed E-state index contributed by atoms with van der Waals surface area (Å²) in [6, 6.07) is 0. The molecule has 0 spiro atoms. The molecule has 0 aromatic rings. The summed E-state index contributed by atoms with van der Waals surface area (Å²) in [5, 5.41) is 3.23. The summed E-state index contributed by atoms with van der Waals surface area (Å²) in [4.78, 5) is 11.3. The number of fused-ring (bicyclic) bond motifs is 1. The largest absolute Gasteiger partial charge is 0.446 e. The van der Waals surface area contributed by atoms with Crippen LogP contribution in [0.2, 0.25) is 0 Å². The fourth-order valence-electron chi connectivity index (χ4n) is 2.42. The number of carbonyl (C=O) groups is 1. The molecule has 7 nitrogen and oxygen atoms in total. The molecule has 2 saturated heterocycles. The van der Waals surface area contributed by atoms with Gasteiger partial charge in [0.25, 0.3) is 0 Å². The Balaban J connectivity index is 1.93. The number of amides is 1. The van der Waals surface area contributed by atoms with E-state index in [1.54, 1.807) is 13.8 Å². The Hall–Kier alpha value is -0.860. The number of carbonyl (C=O) groups excluding carboxylic acids is 1. The molecule has 0 unspecified atom stereocenters. The van der Waals surface area contributed by atoms with Crippen molar-refractivity contribution < 1.29 is 17.9 Å². The average Bonchev–Trinajstić information content (AvgIpc) is 2.72. The summed E-state index contributed by atoms with van der Waals surface area (Å²) in [6.45, 7) is 5.93. The lowest BCUT2D eigenvalue weighted by atomic mass is 10.0. The molecule has 2 atom stereocenters. The van der Waals surface area contributed by atoms with Crippen molar-refractivity contribution in [2.24, 2.45) is 11.8 Å². The van der Waals surface area contributed by atoms with Gasteiger partial charge in [-0.1, -0.05) is 0 Å². The molecule has 2 fully saturated rings. The second kappa shape index (κ2) is 5.02. The van der Waals surface area contributed by atoms with Crippen molar-refractivity contribution in [3.63, 3.8) is 0 Å². The van der Waals surface area contributed by atoms with Gasteiger partial charge in [0, 0.05) is 13.1 Å². The first kappa shape index (κ1) is 13.6. The van der Waals surface area contributed by atoms with Crippen molar-refractivity contribution >= 4 is 16.3 Å². The Morgan fingerprint density at radius 1 is 1.33 bits per heavy atom. The van der Waals surface area contributed by atoms with Crippen LogP contribution in [0.15, 0.2) is 0 Å². The van der Waals surface area contributed by atoms with E-state index in [-0.39, 0.29) is 6.10 Å². The molecule has 8 heteroatoms. The van der Waals surface area contributed by atoms with Crippen LogP contribution in [0.1, 0.15) is 13.8 Å². The minimum absolute atomic E-state index is 0.345. The zero-order chi connectivity index (χ0) is 13.3. The van der Waals surface area contributed by atoms with Crippen LogP contribution in [0, 0.1) is 11.8 Å². The lowest BCUT2D eigenvalue weighted by molar-refractivity contribution is 0.121. The third kappa shape index (κ3) is 2.93. The first-order chi connectivity index (χ1) is 8.38. The summed E-state index contributed by atoms with van der Waals surface area (Å²) in [6.07, 6.45) is -1.26. The number of hydrogen-bond donors (Lipinski definition) is 2. The van der Waals surface area contributed by atoms with Crippen molar-refractivity contribution in [1.82, 2.24) is 14.3 Å². The normalized spacial score (nSPS) is 28.4. The van der Waals surface area contributed by atoms with Crippen LogP contribution in [0.3, 0.4) is 0 Å². The predicted octanol–water partition coefficient (Wildman–Crippen LogP) is -0.483. The minimum Gasteiger partial charge on any atom is -0.446 e. The van der Waals surface area contributed by atoms with Crippen LogP contribution in [-0.2, 0) is 14.9 Å². The Labute approximate surface area is 107 Å². The Kier molecular flexibility index (Phi) is 3.79. The first-order valence-electron chi connectivity index (χ1n) is 6.07. The van der Waals surface area contributed by atoms with Gasteiger partial charge in [0.15, 0.2) is 0 Å². The highest BCUT2D eigenvalue weighted by Gasteiger charge is 2.41. The van der Waals surface area contributed by atoms with Crippen LogP contribution in [0.5, 0.6) is 0 Å². The van der Waals surface area contributed by atoms with Gasteiger partial charge in [-0.05, 0) is 38.8 Å². The van der Waals surface area contributed by atoms with Gasteiger partial charge in [-0.15, -0.1) is 0 Å². The molecule has 1 amide bonds. The molecule has 0 bridgehead atoms. The number of ether oxygens (including phenoxy) is 1. The van der Waals surface area contributed by atoms with E-state index < -0.39 is 16.3 Å². The summed E-state index contributed by atoms with van der Waals surface area (Å²) in [5.41, 5.74) is 0. The molecule has 2 aliphatic rings. The smallest absolute Gasteiger partial charge is 0.422 e. The molecular weight excluding hydrogens is 258 g/mol. The second-order valence-electron chi connectivity index (χ2n) is 5.06. The molecule has 0 aliphatic carbocycles. The molecule has 2 aliphatic heterocycles. The maximum atomic E-state index is 11.9. The first-order valence-corrected chi connectivity index (χ1v) is 7.51. The van der Waals surface area contributed by atoms with E-state index >= 15 is 0 Å². The van der Waals surface area contributed by atoms with Gasteiger partial charge < -0.3 is 10.1 Å². The quantitative estimate of drug-likeness (QED) is 0.727. The third-order valence-corrected chi connectivity index (χ3v) is 4.65. The van der Waals surface area contributed by atoms with E-state index in [0.717, 1.165) is 13.1 Å². The van der Waals surface area contributed by atoms with Crippen LogP contribution in [-0.4, -0.2) is 51.1 Å².